The number of nitrogens with one attached hydrogen (secondary N) is 2. The lowest BCUT2D eigenvalue weighted by Gasteiger charge is -2.16. The number of H-pyrrole nitrogens is 1. The molecule has 0 spiro atoms. The Morgan fingerprint density at radius 2 is 2.03 bits per heavy atom. The van der Waals surface area contributed by atoms with Crippen LogP contribution in [0, 0.1) is 6.92 Å². The molecule has 5 rings (SSSR count). The minimum Gasteiger partial charge on any atom is -0.495 e. The molecule has 1 amide bonds. The van der Waals surface area contributed by atoms with Crippen LogP contribution in [0.5, 0.6) is 5.75 Å². The van der Waals surface area contributed by atoms with Gasteiger partial charge in [0, 0.05) is 22.0 Å². The van der Waals surface area contributed by atoms with E-state index in [4.69, 9.17) is 16.3 Å². The number of ether oxygens (including phenoxy) is 1. The van der Waals surface area contributed by atoms with Crippen molar-refractivity contribution in [3.8, 4) is 16.9 Å². The van der Waals surface area contributed by atoms with Gasteiger partial charge in [-0.05, 0) is 60.9 Å². The average molecular weight is 526 g/mol. The van der Waals surface area contributed by atoms with E-state index in [1.165, 1.54) is 54.2 Å². The van der Waals surface area contributed by atoms with E-state index in [1.807, 2.05) is 12.3 Å². The van der Waals surface area contributed by atoms with Crippen LogP contribution in [0.4, 0.5) is 5.69 Å². The highest BCUT2D eigenvalue weighted by Gasteiger charge is 2.17. The number of aryl methyl sites for hydroxylation is 3. The van der Waals surface area contributed by atoms with Gasteiger partial charge < -0.3 is 15.0 Å². The van der Waals surface area contributed by atoms with E-state index in [0.717, 1.165) is 29.5 Å². The lowest BCUT2D eigenvalue weighted by Crippen LogP contribution is -2.16. The summed E-state index contributed by atoms with van der Waals surface area (Å²) in [5.74, 6) is 0.335. The number of nitrogens with zero attached hydrogens (tertiary/aromatic N) is 1. The van der Waals surface area contributed by atoms with E-state index >= 15 is 0 Å². The van der Waals surface area contributed by atoms with Crippen molar-refractivity contribution in [3.05, 3.63) is 67.8 Å². The second-order valence-corrected chi connectivity index (χ2v) is 10.8. The average Bonchev–Trinajstić information content (AvgIpc) is 3.29. The first kappa shape index (κ1) is 23.9. The SMILES string of the molecule is COc1cc(Cl)c(C)cc1NC(=O)CSc1nc2scc(-c3ccc4c(c3)CCCC4)c2c(=O)[nH]1. The van der Waals surface area contributed by atoms with Crippen LogP contribution in [0.3, 0.4) is 0 Å². The first-order chi connectivity index (χ1) is 16.9. The number of benzene rings is 2. The zero-order chi connectivity index (χ0) is 24.5. The second-order valence-electron chi connectivity index (χ2n) is 8.53. The number of thiophene rings is 1. The Morgan fingerprint density at radius 3 is 2.83 bits per heavy atom. The maximum absolute atomic E-state index is 13.0. The summed E-state index contributed by atoms with van der Waals surface area (Å²) in [7, 11) is 1.52. The molecule has 6 nitrogen and oxygen atoms in total. The summed E-state index contributed by atoms with van der Waals surface area (Å²) in [6.07, 6.45) is 4.66. The van der Waals surface area contributed by atoms with E-state index in [2.05, 4.69) is 33.5 Å². The smallest absolute Gasteiger partial charge is 0.260 e. The van der Waals surface area contributed by atoms with Gasteiger partial charge in [0.15, 0.2) is 5.16 Å². The van der Waals surface area contributed by atoms with Gasteiger partial charge in [-0.25, -0.2) is 4.98 Å². The van der Waals surface area contributed by atoms with Gasteiger partial charge in [-0.15, -0.1) is 11.3 Å². The topological polar surface area (TPSA) is 84.1 Å². The molecule has 2 aromatic heterocycles. The molecule has 2 N–H and O–H groups in total. The van der Waals surface area contributed by atoms with Crippen molar-refractivity contribution in [2.45, 2.75) is 37.8 Å². The maximum atomic E-state index is 13.0. The van der Waals surface area contributed by atoms with Gasteiger partial charge in [-0.1, -0.05) is 41.6 Å². The molecule has 0 aliphatic heterocycles. The zero-order valence-electron chi connectivity index (χ0n) is 19.4. The van der Waals surface area contributed by atoms with Gasteiger partial charge >= 0.3 is 0 Å². The second kappa shape index (κ2) is 10.0. The number of methoxy groups -OCH3 is 1. The van der Waals surface area contributed by atoms with E-state index < -0.39 is 0 Å². The number of aromatic nitrogens is 2. The summed E-state index contributed by atoms with van der Waals surface area (Å²) >= 11 is 8.77. The number of carbonyl (C=O) groups is 1. The zero-order valence-corrected chi connectivity index (χ0v) is 21.8. The molecule has 2 aromatic carbocycles. The van der Waals surface area contributed by atoms with Crippen molar-refractivity contribution < 1.29 is 9.53 Å². The van der Waals surface area contributed by atoms with Crippen LogP contribution in [0.2, 0.25) is 5.02 Å². The molecule has 0 unspecified atom stereocenters. The van der Waals surface area contributed by atoms with Crippen LogP contribution in [0.15, 0.2) is 45.7 Å². The monoisotopic (exact) mass is 525 g/mol. The molecule has 0 saturated heterocycles. The van der Waals surface area contributed by atoms with Gasteiger partial charge in [0.2, 0.25) is 5.91 Å². The Labute approximate surface area is 216 Å². The summed E-state index contributed by atoms with van der Waals surface area (Å²) in [4.78, 5) is 33.7. The molecule has 180 valence electrons. The molecule has 9 heteroatoms. The van der Waals surface area contributed by atoms with Crippen LogP contribution in [0.25, 0.3) is 21.3 Å². The molecular formula is C26H24ClN3O3S2. The third kappa shape index (κ3) is 4.96. The first-order valence-corrected chi connectivity index (χ1v) is 13.6. The molecule has 4 aromatic rings. The number of halogens is 1. The highest BCUT2D eigenvalue weighted by molar-refractivity contribution is 7.99. The predicted octanol–water partition coefficient (Wildman–Crippen LogP) is 6.23. The van der Waals surface area contributed by atoms with Crippen molar-refractivity contribution in [1.82, 2.24) is 9.97 Å². The highest BCUT2D eigenvalue weighted by atomic mass is 35.5. The third-order valence-corrected chi connectivity index (χ3v) is 8.33. The lowest BCUT2D eigenvalue weighted by atomic mass is 9.89. The van der Waals surface area contributed by atoms with Crippen molar-refractivity contribution in [2.75, 3.05) is 18.2 Å². The Hall–Kier alpha value is -2.81. The van der Waals surface area contributed by atoms with E-state index in [1.54, 1.807) is 12.1 Å². The number of rotatable bonds is 6. The molecule has 35 heavy (non-hydrogen) atoms. The molecule has 0 bridgehead atoms. The molecule has 0 saturated carbocycles. The number of hydrogen-bond acceptors (Lipinski definition) is 6. The fourth-order valence-electron chi connectivity index (χ4n) is 4.36. The van der Waals surface area contributed by atoms with Gasteiger partial charge in [-0.2, -0.15) is 0 Å². The number of aromatic amines is 1. The van der Waals surface area contributed by atoms with Crippen LogP contribution < -0.4 is 15.6 Å². The number of amides is 1. The summed E-state index contributed by atoms with van der Waals surface area (Å²) in [5.41, 5.74) is 5.94. The van der Waals surface area contributed by atoms with E-state index in [9.17, 15) is 9.59 Å². The number of carbonyl (C=O) groups excluding carboxylic acids is 1. The summed E-state index contributed by atoms with van der Waals surface area (Å²) in [6.45, 7) is 1.86. The Kier molecular flexibility index (Phi) is 6.86. The van der Waals surface area contributed by atoms with Crippen LogP contribution in [0.1, 0.15) is 29.5 Å². The summed E-state index contributed by atoms with van der Waals surface area (Å²) in [5, 5.41) is 6.41. The lowest BCUT2D eigenvalue weighted by molar-refractivity contribution is -0.113. The first-order valence-electron chi connectivity index (χ1n) is 11.3. The standard InChI is InChI=1S/C26H24ClN3O3S2/c1-14-9-20(21(33-2)11-19(14)27)28-22(31)13-35-26-29-24(32)23-18(12-34-25(23)30-26)17-8-7-15-5-3-4-6-16(15)10-17/h7-12H,3-6,13H2,1-2H3,(H,28,31)(H,29,30,32). The number of thioether (sulfide) groups is 1. The minimum atomic E-state index is -0.237. The predicted molar refractivity (Wildman–Crippen MR) is 144 cm³/mol. The maximum Gasteiger partial charge on any atom is 0.260 e. The quantitative estimate of drug-likeness (QED) is 0.230. The summed E-state index contributed by atoms with van der Waals surface area (Å²) < 4.78 is 5.31. The van der Waals surface area contributed by atoms with Gasteiger partial charge in [0.25, 0.3) is 5.56 Å². The van der Waals surface area contributed by atoms with E-state index in [-0.39, 0.29) is 17.2 Å². The van der Waals surface area contributed by atoms with Crippen LogP contribution in [-0.4, -0.2) is 28.7 Å². The molecule has 0 radical (unpaired) electrons. The largest absolute Gasteiger partial charge is 0.495 e. The van der Waals surface area contributed by atoms with Crippen LogP contribution in [-0.2, 0) is 17.6 Å². The number of anilines is 1. The Balaban J connectivity index is 1.33. The molecule has 0 fully saturated rings. The van der Waals surface area contributed by atoms with Gasteiger partial charge in [0.05, 0.1) is 23.9 Å². The summed E-state index contributed by atoms with van der Waals surface area (Å²) in [6, 6.07) is 9.95. The van der Waals surface area contributed by atoms with Crippen molar-refractivity contribution in [3.63, 3.8) is 0 Å². The van der Waals surface area contributed by atoms with E-state index in [0.29, 0.717) is 31.8 Å². The van der Waals surface area contributed by atoms with Gasteiger partial charge in [0.1, 0.15) is 10.6 Å². The minimum absolute atomic E-state index is 0.0856. The molecule has 0 atom stereocenters. The fraction of sp³-hybridized carbons (Fsp3) is 0.269. The molecular weight excluding hydrogens is 502 g/mol. The van der Waals surface area contributed by atoms with Crippen LogP contribution >= 0.6 is 34.7 Å². The molecule has 2 heterocycles. The highest BCUT2D eigenvalue weighted by Crippen LogP contribution is 2.34. The Bertz CT molecular complexity index is 1500. The number of fused-ring (bicyclic) bond motifs is 2. The van der Waals surface area contributed by atoms with Crippen molar-refractivity contribution in [2.24, 2.45) is 0 Å². The van der Waals surface area contributed by atoms with Crippen molar-refractivity contribution in [1.29, 1.82) is 0 Å². The normalized spacial score (nSPS) is 13.0. The van der Waals surface area contributed by atoms with Crippen molar-refractivity contribution >= 4 is 56.5 Å². The number of hydrogen-bond donors (Lipinski definition) is 2. The molecule has 1 aliphatic rings. The van der Waals surface area contributed by atoms with Gasteiger partial charge in [-0.3, -0.25) is 9.59 Å². The fourth-order valence-corrected chi connectivity index (χ4v) is 6.18. The molecule has 1 aliphatic carbocycles. The Morgan fingerprint density at radius 1 is 1.23 bits per heavy atom. The third-order valence-electron chi connectivity index (χ3n) is 6.18.